The molecule has 0 aliphatic carbocycles. The van der Waals surface area contributed by atoms with Crippen LogP contribution < -0.4 is 10.1 Å². The molecule has 0 amide bonds. The van der Waals surface area contributed by atoms with E-state index in [-0.39, 0.29) is 28.6 Å². The monoisotopic (exact) mass is 768 g/mol. The summed E-state index contributed by atoms with van der Waals surface area (Å²) >= 11 is 0. The highest BCUT2D eigenvalue weighted by atomic mass is 28.4. The van der Waals surface area contributed by atoms with Crippen molar-refractivity contribution in [1.29, 1.82) is 0 Å². The lowest BCUT2D eigenvalue weighted by Crippen LogP contribution is -2.43. The summed E-state index contributed by atoms with van der Waals surface area (Å²) in [6, 6.07) is 30.7. The van der Waals surface area contributed by atoms with Gasteiger partial charge in [-0.15, -0.1) is 0 Å². The first-order valence-electron chi connectivity index (χ1n) is 20.3. The number of phenols is 3. The maximum Gasteiger partial charge on any atom is 0.192 e. The van der Waals surface area contributed by atoms with Crippen LogP contribution in [0.2, 0.25) is 18.1 Å². The normalized spacial score (nSPS) is 13.5. The van der Waals surface area contributed by atoms with Gasteiger partial charge in [-0.3, -0.25) is 4.90 Å². The summed E-state index contributed by atoms with van der Waals surface area (Å²) in [7, 11) is -2.11. The largest absolute Gasteiger partial charge is 0.508 e. The maximum atomic E-state index is 11.1. The molecule has 0 spiro atoms. The van der Waals surface area contributed by atoms with Gasteiger partial charge in [0.05, 0.1) is 12.7 Å². The van der Waals surface area contributed by atoms with Crippen molar-refractivity contribution in [2.45, 2.75) is 123 Å². The molecule has 0 saturated carbocycles. The second-order valence-electron chi connectivity index (χ2n) is 17.1. The zero-order valence-electron chi connectivity index (χ0n) is 34.9. The van der Waals surface area contributed by atoms with Crippen molar-refractivity contribution in [2.24, 2.45) is 0 Å². The van der Waals surface area contributed by atoms with Crippen molar-refractivity contribution in [3.63, 3.8) is 0 Å². The molecule has 4 rings (SSSR count). The number of rotatable bonds is 21. The first kappa shape index (κ1) is 43.9. The van der Waals surface area contributed by atoms with Crippen molar-refractivity contribution in [3.05, 3.63) is 119 Å². The number of hydrogen-bond donors (Lipinski definition) is 4. The minimum atomic E-state index is -2.11. The van der Waals surface area contributed by atoms with E-state index in [0.717, 1.165) is 62.1 Å². The average molecular weight is 769 g/mol. The predicted octanol–water partition coefficient (Wildman–Crippen LogP) is 10.7. The molecule has 0 aromatic heterocycles. The van der Waals surface area contributed by atoms with E-state index in [1.807, 2.05) is 18.2 Å². The zero-order chi connectivity index (χ0) is 40.2. The second-order valence-corrected chi connectivity index (χ2v) is 21.9. The highest BCUT2D eigenvalue weighted by Crippen LogP contribution is 2.40. The third-order valence-electron chi connectivity index (χ3n) is 11.2. The van der Waals surface area contributed by atoms with Crippen LogP contribution in [-0.4, -0.2) is 66.9 Å². The Morgan fingerprint density at radius 1 is 0.727 bits per heavy atom. The molecule has 0 fully saturated rings. The lowest BCUT2D eigenvalue weighted by atomic mass is 9.86. The summed E-state index contributed by atoms with van der Waals surface area (Å²) in [6.07, 6.45) is 4.39. The van der Waals surface area contributed by atoms with E-state index in [0.29, 0.717) is 31.0 Å². The van der Waals surface area contributed by atoms with Gasteiger partial charge in [0, 0.05) is 36.2 Å². The van der Waals surface area contributed by atoms with Crippen LogP contribution in [0, 0.1) is 0 Å². The zero-order valence-corrected chi connectivity index (χ0v) is 35.9. The van der Waals surface area contributed by atoms with Gasteiger partial charge in [-0.1, -0.05) is 75.4 Å². The lowest BCUT2D eigenvalue weighted by Gasteiger charge is -2.39. The lowest BCUT2D eigenvalue weighted by molar-refractivity contribution is 0.170. The summed E-state index contributed by atoms with van der Waals surface area (Å²) in [5, 5.41) is 34.9. The average Bonchev–Trinajstić information content (AvgIpc) is 3.12. The number of nitrogens with one attached hydrogen (secondary N) is 1. The number of nitrogens with zero attached hydrogens (tertiary/aromatic N) is 1. The summed E-state index contributed by atoms with van der Waals surface area (Å²) in [5.41, 5.74) is 5.49. The van der Waals surface area contributed by atoms with Crippen LogP contribution in [0.3, 0.4) is 0 Å². The van der Waals surface area contributed by atoms with Gasteiger partial charge in [0.2, 0.25) is 0 Å². The Morgan fingerprint density at radius 2 is 1.36 bits per heavy atom. The van der Waals surface area contributed by atoms with Crippen molar-refractivity contribution >= 4 is 8.32 Å². The first-order chi connectivity index (χ1) is 26.0. The second kappa shape index (κ2) is 20.4. The smallest absolute Gasteiger partial charge is 0.192 e. The summed E-state index contributed by atoms with van der Waals surface area (Å²) < 4.78 is 12.9. The van der Waals surface area contributed by atoms with Gasteiger partial charge >= 0.3 is 0 Å². The molecule has 0 aliphatic rings. The molecule has 0 heterocycles. The summed E-state index contributed by atoms with van der Waals surface area (Å²) in [5.74, 6) is 1.44. The summed E-state index contributed by atoms with van der Waals surface area (Å²) in [6.45, 7) is 23.1. The summed E-state index contributed by atoms with van der Waals surface area (Å²) in [4.78, 5) is 2.53. The Kier molecular flexibility index (Phi) is 16.3. The molecule has 8 heteroatoms. The van der Waals surface area contributed by atoms with Crippen molar-refractivity contribution in [1.82, 2.24) is 10.2 Å². The van der Waals surface area contributed by atoms with E-state index in [1.54, 1.807) is 12.1 Å². The number of phenolic OH excluding ortho intramolecular Hbond substituents is 3. The van der Waals surface area contributed by atoms with Gasteiger partial charge in [-0.25, -0.2) is 0 Å². The third kappa shape index (κ3) is 13.4. The molecule has 0 saturated heterocycles. The van der Waals surface area contributed by atoms with E-state index >= 15 is 0 Å². The van der Waals surface area contributed by atoms with Gasteiger partial charge in [0.15, 0.2) is 8.32 Å². The number of unbranched alkanes of at least 4 members (excludes halogenated alkanes) is 1. The van der Waals surface area contributed by atoms with Crippen LogP contribution in [0.5, 0.6) is 23.0 Å². The molecule has 55 heavy (non-hydrogen) atoms. The fourth-order valence-electron chi connectivity index (χ4n) is 7.02. The molecule has 2 atom stereocenters. The van der Waals surface area contributed by atoms with Crippen molar-refractivity contribution in [3.8, 4) is 23.0 Å². The van der Waals surface area contributed by atoms with Gasteiger partial charge in [-0.2, -0.15) is 0 Å². The number of hydrogen-bond acceptors (Lipinski definition) is 7. The SMILES string of the molecule is CC(C)N(CC[C@H](c1ccccc1)c1cc(CCCCOc2ccc(CCNC[C@H](O[Si](C)(C)C(C)(C)C)c3cc(O)cc(O)c3)cc2)ccc1O)C(C)C. The Labute approximate surface area is 332 Å². The molecular formula is C47H68N2O5Si. The fourth-order valence-corrected chi connectivity index (χ4v) is 8.30. The number of aryl methyl sites for hydroxylation is 1. The molecule has 0 unspecified atom stereocenters. The number of ether oxygens (including phenoxy) is 1. The van der Waals surface area contributed by atoms with Crippen LogP contribution in [0.4, 0.5) is 0 Å². The van der Waals surface area contributed by atoms with Gasteiger partial charge in [-0.05, 0) is 144 Å². The van der Waals surface area contributed by atoms with Crippen LogP contribution >= 0.6 is 0 Å². The van der Waals surface area contributed by atoms with Crippen LogP contribution in [0.25, 0.3) is 0 Å². The first-order valence-corrected chi connectivity index (χ1v) is 23.2. The Morgan fingerprint density at radius 3 is 1.98 bits per heavy atom. The van der Waals surface area contributed by atoms with Gasteiger partial charge in [0.1, 0.15) is 23.0 Å². The third-order valence-corrected chi connectivity index (χ3v) is 15.7. The molecule has 7 nitrogen and oxygen atoms in total. The van der Waals surface area contributed by atoms with Crippen LogP contribution in [-0.2, 0) is 17.3 Å². The predicted molar refractivity (Wildman–Crippen MR) is 230 cm³/mol. The minimum Gasteiger partial charge on any atom is -0.508 e. The molecule has 300 valence electrons. The Hall–Kier alpha value is -3.82. The molecular weight excluding hydrogens is 701 g/mol. The van der Waals surface area contributed by atoms with E-state index in [4.69, 9.17) is 9.16 Å². The Balaban J connectivity index is 1.25. The van der Waals surface area contributed by atoms with Crippen LogP contribution in [0.1, 0.15) is 108 Å². The van der Waals surface area contributed by atoms with Crippen molar-refractivity contribution in [2.75, 3.05) is 26.2 Å². The molecule has 4 aromatic rings. The quantitative estimate of drug-likeness (QED) is 0.0495. The molecule has 0 aliphatic heterocycles. The highest BCUT2D eigenvalue weighted by molar-refractivity contribution is 6.74. The van der Waals surface area contributed by atoms with Crippen molar-refractivity contribution < 1.29 is 24.5 Å². The molecule has 4 aromatic carbocycles. The van der Waals surface area contributed by atoms with Gasteiger partial charge < -0.3 is 29.8 Å². The van der Waals surface area contributed by atoms with E-state index in [9.17, 15) is 15.3 Å². The van der Waals surface area contributed by atoms with E-state index in [1.165, 1.54) is 22.8 Å². The van der Waals surface area contributed by atoms with Crippen LogP contribution in [0.15, 0.2) is 91.0 Å². The Bertz CT molecular complexity index is 1710. The topological polar surface area (TPSA) is 94.4 Å². The standard InChI is InChI=1S/C47H68N2O5Si/c1-34(2)49(35(3)4)27-25-43(38-16-11-10-12-17-38)44-29-37(20-23-45(44)52)15-13-14-28-53-42-21-18-36(19-22-42)24-26-48-33-46(54-55(8,9)47(5,6)7)39-30-40(50)32-41(51)31-39/h10-12,16-23,29-32,34-35,43,46,48,50-52H,13-15,24-28,33H2,1-9H3/t43-,46+/m1/s1. The molecule has 0 radical (unpaired) electrons. The number of aromatic hydroxyl groups is 3. The van der Waals surface area contributed by atoms with E-state index < -0.39 is 8.32 Å². The molecule has 0 bridgehead atoms. The minimum absolute atomic E-state index is 0.0285. The van der Waals surface area contributed by atoms with E-state index in [2.05, 4.69) is 126 Å². The highest BCUT2D eigenvalue weighted by Gasteiger charge is 2.39. The molecule has 4 N–H and O–H groups in total. The van der Waals surface area contributed by atoms with Gasteiger partial charge in [0.25, 0.3) is 0 Å². The fraction of sp³-hybridized carbons (Fsp3) is 0.489. The number of benzene rings is 4. The maximum absolute atomic E-state index is 11.1.